The van der Waals surface area contributed by atoms with Crippen molar-refractivity contribution in [2.45, 2.75) is 37.6 Å². The first-order valence-electron chi connectivity index (χ1n) is 10.1. The highest BCUT2D eigenvalue weighted by atomic mass is 16.3. The number of anilines is 1. The predicted molar refractivity (Wildman–Crippen MR) is 110 cm³/mol. The SMILES string of the molecule is CN(CCO)C1(CNc2ccc3nnc(-c4ccccc4)n3n2)CCCCC1. The van der Waals surface area contributed by atoms with E-state index in [-0.39, 0.29) is 12.1 Å². The van der Waals surface area contributed by atoms with Crippen LogP contribution in [0.3, 0.4) is 0 Å². The molecule has 148 valence electrons. The van der Waals surface area contributed by atoms with Crippen LogP contribution in [0.2, 0.25) is 0 Å². The van der Waals surface area contributed by atoms with Crippen molar-refractivity contribution in [3.05, 3.63) is 42.5 Å². The summed E-state index contributed by atoms with van der Waals surface area (Å²) in [4.78, 5) is 2.31. The molecule has 28 heavy (non-hydrogen) atoms. The molecule has 1 aliphatic rings. The van der Waals surface area contributed by atoms with E-state index in [1.807, 2.05) is 42.5 Å². The van der Waals surface area contributed by atoms with E-state index < -0.39 is 0 Å². The minimum absolute atomic E-state index is 0.0626. The van der Waals surface area contributed by atoms with E-state index in [0.29, 0.717) is 6.54 Å². The van der Waals surface area contributed by atoms with E-state index in [2.05, 4.69) is 27.5 Å². The van der Waals surface area contributed by atoms with Crippen LogP contribution < -0.4 is 5.32 Å². The van der Waals surface area contributed by atoms with Gasteiger partial charge in [-0.25, -0.2) is 0 Å². The fourth-order valence-electron chi connectivity index (χ4n) is 4.20. The molecule has 2 heterocycles. The summed E-state index contributed by atoms with van der Waals surface area (Å²) in [6.07, 6.45) is 6.03. The second kappa shape index (κ2) is 8.24. The van der Waals surface area contributed by atoms with E-state index >= 15 is 0 Å². The van der Waals surface area contributed by atoms with E-state index in [4.69, 9.17) is 5.10 Å². The number of nitrogens with zero attached hydrogens (tertiary/aromatic N) is 5. The molecule has 0 unspecified atom stereocenters. The van der Waals surface area contributed by atoms with Gasteiger partial charge in [-0.3, -0.25) is 4.90 Å². The van der Waals surface area contributed by atoms with Crippen molar-refractivity contribution in [2.75, 3.05) is 32.1 Å². The molecule has 0 bridgehead atoms. The third-order valence-electron chi connectivity index (χ3n) is 5.92. The fourth-order valence-corrected chi connectivity index (χ4v) is 4.20. The summed E-state index contributed by atoms with van der Waals surface area (Å²) in [5.41, 5.74) is 1.79. The van der Waals surface area contributed by atoms with Gasteiger partial charge in [-0.1, -0.05) is 49.6 Å². The van der Waals surface area contributed by atoms with Crippen LogP contribution >= 0.6 is 0 Å². The molecule has 7 heteroatoms. The molecule has 1 aromatic carbocycles. The molecule has 2 N–H and O–H groups in total. The molecule has 0 radical (unpaired) electrons. The van der Waals surface area contributed by atoms with Gasteiger partial charge in [0.05, 0.1) is 6.61 Å². The summed E-state index contributed by atoms with van der Waals surface area (Å²) in [5.74, 6) is 1.55. The van der Waals surface area contributed by atoms with Crippen molar-refractivity contribution in [3.8, 4) is 11.4 Å². The zero-order chi connectivity index (χ0) is 19.4. The average Bonchev–Trinajstić information content (AvgIpc) is 3.17. The molecule has 1 aliphatic carbocycles. The van der Waals surface area contributed by atoms with Crippen LogP contribution in [0.25, 0.3) is 17.0 Å². The van der Waals surface area contributed by atoms with E-state index in [0.717, 1.165) is 42.2 Å². The molecule has 4 rings (SSSR count). The normalized spacial score (nSPS) is 16.5. The number of fused-ring (bicyclic) bond motifs is 1. The number of hydrogen-bond acceptors (Lipinski definition) is 6. The lowest BCUT2D eigenvalue weighted by Crippen LogP contribution is -2.53. The lowest BCUT2D eigenvalue weighted by Gasteiger charge is -2.45. The number of β-amino-alcohol motifs (C(OH)–C–C–N with tert-alkyl or cyclic N) is 1. The number of aliphatic hydroxyl groups is 1. The minimum atomic E-state index is 0.0626. The average molecular weight is 380 g/mol. The smallest absolute Gasteiger partial charge is 0.185 e. The summed E-state index contributed by atoms with van der Waals surface area (Å²) in [7, 11) is 2.12. The molecule has 0 aliphatic heterocycles. The Balaban J connectivity index is 1.57. The van der Waals surface area contributed by atoms with Gasteiger partial charge < -0.3 is 10.4 Å². The first kappa shape index (κ1) is 18.8. The Labute approximate surface area is 165 Å². The summed E-state index contributed by atoms with van der Waals surface area (Å²) < 4.78 is 1.79. The topological polar surface area (TPSA) is 78.6 Å². The quantitative estimate of drug-likeness (QED) is 0.656. The van der Waals surface area contributed by atoms with Gasteiger partial charge in [0, 0.05) is 24.2 Å². The van der Waals surface area contributed by atoms with Gasteiger partial charge in [-0.2, -0.15) is 4.52 Å². The Hall–Kier alpha value is -2.51. The number of benzene rings is 1. The number of rotatable bonds is 7. The zero-order valence-electron chi connectivity index (χ0n) is 16.4. The maximum Gasteiger partial charge on any atom is 0.185 e. The molecule has 0 saturated heterocycles. The molecule has 2 aromatic heterocycles. The van der Waals surface area contributed by atoms with Gasteiger partial charge in [-0.15, -0.1) is 15.3 Å². The van der Waals surface area contributed by atoms with Crippen molar-refractivity contribution in [1.82, 2.24) is 24.7 Å². The van der Waals surface area contributed by atoms with Gasteiger partial charge >= 0.3 is 0 Å². The third-order valence-corrected chi connectivity index (χ3v) is 5.92. The number of hydrogen-bond donors (Lipinski definition) is 2. The highest BCUT2D eigenvalue weighted by Gasteiger charge is 2.35. The first-order valence-corrected chi connectivity index (χ1v) is 10.1. The zero-order valence-corrected chi connectivity index (χ0v) is 16.4. The second-order valence-corrected chi connectivity index (χ2v) is 7.66. The third kappa shape index (κ3) is 3.72. The molecule has 1 saturated carbocycles. The molecule has 7 nitrogen and oxygen atoms in total. The van der Waals surface area contributed by atoms with E-state index in [1.165, 1.54) is 19.3 Å². The Bertz CT molecular complexity index is 904. The molecule has 0 spiro atoms. The van der Waals surface area contributed by atoms with Gasteiger partial charge in [-0.05, 0) is 32.0 Å². The van der Waals surface area contributed by atoms with Gasteiger partial charge in [0.2, 0.25) is 0 Å². The standard InChI is InChI=1S/C21H28N6O/c1-26(14-15-28)21(12-6-3-7-13-21)16-22-18-10-11-19-23-24-20(27(19)25-18)17-8-4-2-5-9-17/h2,4-5,8-11,28H,3,6-7,12-16H2,1H3,(H,22,25). The number of aliphatic hydroxyl groups excluding tert-OH is 1. The van der Waals surface area contributed by atoms with Gasteiger partial charge in [0.25, 0.3) is 0 Å². The summed E-state index contributed by atoms with van der Waals surface area (Å²) in [6.45, 7) is 1.69. The van der Waals surface area contributed by atoms with Crippen LogP contribution in [0.4, 0.5) is 5.82 Å². The van der Waals surface area contributed by atoms with E-state index in [9.17, 15) is 5.11 Å². The van der Waals surface area contributed by atoms with Gasteiger partial charge in [0.1, 0.15) is 5.82 Å². The van der Waals surface area contributed by atoms with Crippen LogP contribution in [-0.2, 0) is 0 Å². The van der Waals surface area contributed by atoms with Gasteiger partial charge in [0.15, 0.2) is 11.5 Å². The molecule has 3 aromatic rings. The van der Waals surface area contributed by atoms with Crippen LogP contribution in [-0.4, -0.2) is 62.1 Å². The van der Waals surface area contributed by atoms with Crippen molar-refractivity contribution in [2.24, 2.45) is 0 Å². The van der Waals surface area contributed by atoms with E-state index in [1.54, 1.807) is 4.52 Å². The molecule has 0 atom stereocenters. The second-order valence-electron chi connectivity index (χ2n) is 7.66. The Morgan fingerprint density at radius 3 is 2.61 bits per heavy atom. The van der Waals surface area contributed by atoms with Crippen molar-refractivity contribution < 1.29 is 5.11 Å². The van der Waals surface area contributed by atoms with Crippen molar-refractivity contribution >= 4 is 11.5 Å². The highest BCUT2D eigenvalue weighted by Crippen LogP contribution is 2.33. The molecule has 1 fully saturated rings. The van der Waals surface area contributed by atoms with Crippen LogP contribution in [0.15, 0.2) is 42.5 Å². The molecular weight excluding hydrogens is 352 g/mol. The first-order chi connectivity index (χ1) is 13.7. The largest absolute Gasteiger partial charge is 0.395 e. The number of aromatic nitrogens is 4. The summed E-state index contributed by atoms with van der Waals surface area (Å²) in [6, 6.07) is 13.9. The monoisotopic (exact) mass is 380 g/mol. The fraction of sp³-hybridized carbons (Fsp3) is 0.476. The van der Waals surface area contributed by atoms with Crippen molar-refractivity contribution in [3.63, 3.8) is 0 Å². The van der Waals surface area contributed by atoms with Crippen LogP contribution in [0.5, 0.6) is 0 Å². The Kier molecular flexibility index (Phi) is 5.54. The van der Waals surface area contributed by atoms with Crippen LogP contribution in [0.1, 0.15) is 32.1 Å². The maximum absolute atomic E-state index is 9.41. The Morgan fingerprint density at radius 2 is 1.86 bits per heavy atom. The minimum Gasteiger partial charge on any atom is -0.395 e. The lowest BCUT2D eigenvalue weighted by atomic mass is 9.80. The summed E-state index contributed by atoms with van der Waals surface area (Å²) >= 11 is 0. The summed E-state index contributed by atoms with van der Waals surface area (Å²) in [5, 5.41) is 26.2. The van der Waals surface area contributed by atoms with Crippen LogP contribution in [0, 0.1) is 0 Å². The number of likely N-dealkylation sites (N-methyl/N-ethyl adjacent to an activating group) is 1. The van der Waals surface area contributed by atoms with Crippen molar-refractivity contribution in [1.29, 1.82) is 0 Å². The molecule has 0 amide bonds. The Morgan fingerprint density at radius 1 is 1.07 bits per heavy atom. The maximum atomic E-state index is 9.41. The highest BCUT2D eigenvalue weighted by molar-refractivity contribution is 5.59. The predicted octanol–water partition coefficient (Wildman–Crippen LogP) is 2.83. The molecular formula is C21H28N6O. The lowest BCUT2D eigenvalue weighted by molar-refractivity contribution is 0.0690. The number of nitrogens with one attached hydrogen (secondary N) is 1.